The molecular formula is C31H54N2O10. The van der Waals surface area contributed by atoms with Gasteiger partial charge in [0.15, 0.2) is 0 Å². The highest BCUT2D eigenvalue weighted by atomic mass is 16.6. The molecule has 3 atom stereocenters. The van der Waals surface area contributed by atoms with E-state index in [4.69, 9.17) is 23.7 Å². The first-order chi connectivity index (χ1) is 19.3. The third-order valence-electron chi connectivity index (χ3n) is 5.79. The summed E-state index contributed by atoms with van der Waals surface area (Å²) >= 11 is 0. The van der Waals surface area contributed by atoms with Crippen LogP contribution in [0.1, 0.15) is 109 Å². The molecule has 1 heterocycles. The van der Waals surface area contributed by atoms with Crippen LogP contribution in [-0.2, 0) is 42.9 Å². The van der Waals surface area contributed by atoms with Crippen molar-refractivity contribution in [1.29, 1.82) is 0 Å². The number of nitrogens with zero attached hydrogens (tertiary/aromatic N) is 2. The lowest BCUT2D eigenvalue weighted by atomic mass is 10.0. The van der Waals surface area contributed by atoms with Crippen LogP contribution in [-0.4, -0.2) is 100.0 Å². The van der Waals surface area contributed by atoms with Crippen LogP contribution < -0.4 is 0 Å². The maximum atomic E-state index is 13.6. The van der Waals surface area contributed by atoms with Crippen molar-refractivity contribution in [1.82, 2.24) is 9.80 Å². The van der Waals surface area contributed by atoms with Gasteiger partial charge in [-0.3, -0.25) is 19.4 Å². The van der Waals surface area contributed by atoms with Crippen molar-refractivity contribution in [3.8, 4) is 0 Å². The van der Waals surface area contributed by atoms with Crippen molar-refractivity contribution in [2.45, 2.75) is 150 Å². The fraction of sp³-hybridized carbons (Fsp3) is 0.839. The average molecular weight is 615 g/mol. The first-order valence-corrected chi connectivity index (χ1v) is 14.9. The number of esters is 4. The van der Waals surface area contributed by atoms with Crippen LogP contribution in [0.5, 0.6) is 0 Å². The number of hydrogen-bond donors (Lipinski definition) is 0. The fourth-order valence-electron chi connectivity index (χ4n) is 4.15. The molecule has 12 heteroatoms. The average Bonchev–Trinajstić information content (AvgIpc) is 2.70. The predicted molar refractivity (Wildman–Crippen MR) is 159 cm³/mol. The van der Waals surface area contributed by atoms with Gasteiger partial charge in [-0.15, -0.1) is 0 Å². The standard InChI is InChI=1S/C31H54N2O10/c1-20(34)39-23(26(37)42-30(8,9)10)16-19-33(27(38)43-31(11,12)13)22(25(36)41-29(5,6)7)15-18-32-17-14-21(32)24(35)40-28(2,3)4/h21-23H,14-19H2,1-13H3/t21-,22-,23-/m0/s1. The summed E-state index contributed by atoms with van der Waals surface area (Å²) < 4.78 is 27.6. The number of rotatable bonds is 11. The Morgan fingerprint density at radius 1 is 0.721 bits per heavy atom. The fourth-order valence-corrected chi connectivity index (χ4v) is 4.15. The molecule has 0 N–H and O–H groups in total. The van der Waals surface area contributed by atoms with Crippen molar-refractivity contribution in [3.05, 3.63) is 0 Å². The van der Waals surface area contributed by atoms with E-state index in [1.807, 2.05) is 4.90 Å². The highest BCUT2D eigenvalue weighted by Crippen LogP contribution is 2.25. The molecule has 1 aliphatic heterocycles. The molecule has 248 valence electrons. The van der Waals surface area contributed by atoms with Crippen molar-refractivity contribution < 1.29 is 47.7 Å². The van der Waals surface area contributed by atoms with E-state index in [0.717, 1.165) is 0 Å². The molecule has 0 saturated carbocycles. The molecule has 0 aromatic heterocycles. The van der Waals surface area contributed by atoms with E-state index in [-0.39, 0.29) is 31.9 Å². The lowest BCUT2D eigenvalue weighted by Crippen LogP contribution is -2.56. The van der Waals surface area contributed by atoms with Crippen LogP contribution >= 0.6 is 0 Å². The second kappa shape index (κ2) is 14.7. The number of carbonyl (C=O) groups is 5. The summed E-state index contributed by atoms with van der Waals surface area (Å²) in [5.41, 5.74) is -3.24. The minimum absolute atomic E-state index is 0.109. The Morgan fingerprint density at radius 3 is 1.63 bits per heavy atom. The molecule has 12 nitrogen and oxygen atoms in total. The number of carbonyl (C=O) groups excluding carboxylic acids is 5. The SMILES string of the molecule is CC(=O)O[C@@H](CCN(C(=O)OC(C)(C)C)[C@@H](CCN1CC[C@H]1C(=O)OC(C)(C)C)C(=O)OC(C)(C)C)C(=O)OC(C)(C)C. The molecule has 1 rings (SSSR count). The van der Waals surface area contributed by atoms with Crippen molar-refractivity contribution in [2.75, 3.05) is 19.6 Å². The van der Waals surface area contributed by atoms with Gasteiger partial charge in [0.25, 0.3) is 0 Å². The zero-order valence-corrected chi connectivity index (χ0v) is 28.5. The highest BCUT2D eigenvalue weighted by Gasteiger charge is 2.41. The van der Waals surface area contributed by atoms with Crippen molar-refractivity contribution in [2.24, 2.45) is 0 Å². The van der Waals surface area contributed by atoms with E-state index in [2.05, 4.69) is 0 Å². The van der Waals surface area contributed by atoms with Crippen LogP contribution in [0.4, 0.5) is 4.79 Å². The monoisotopic (exact) mass is 614 g/mol. The summed E-state index contributed by atoms with van der Waals surface area (Å²) in [6.07, 6.45) is -1.56. The van der Waals surface area contributed by atoms with E-state index in [9.17, 15) is 24.0 Å². The normalized spacial score (nSPS) is 17.6. The molecule has 0 aromatic carbocycles. The highest BCUT2D eigenvalue weighted by molar-refractivity contribution is 5.82. The maximum absolute atomic E-state index is 13.6. The Kier molecular flexibility index (Phi) is 13.1. The number of amides is 1. The van der Waals surface area contributed by atoms with Gasteiger partial charge in [0.1, 0.15) is 34.5 Å². The molecule has 0 aromatic rings. The summed E-state index contributed by atoms with van der Waals surface area (Å²) in [6.45, 7) is 22.5. The third kappa shape index (κ3) is 14.9. The molecule has 0 aliphatic carbocycles. The van der Waals surface area contributed by atoms with Crippen molar-refractivity contribution >= 4 is 30.0 Å². The predicted octanol–water partition coefficient (Wildman–Crippen LogP) is 4.40. The van der Waals surface area contributed by atoms with Crippen molar-refractivity contribution in [3.63, 3.8) is 0 Å². The largest absolute Gasteiger partial charge is 0.459 e. The van der Waals surface area contributed by atoms with E-state index in [0.29, 0.717) is 13.0 Å². The van der Waals surface area contributed by atoms with Gasteiger partial charge in [-0.05, 0) is 95.9 Å². The van der Waals surface area contributed by atoms with Gasteiger partial charge in [0.05, 0.1) is 0 Å². The van der Waals surface area contributed by atoms with Gasteiger partial charge in [-0.2, -0.15) is 0 Å². The summed E-state index contributed by atoms with van der Waals surface area (Å²) in [7, 11) is 0. The van der Waals surface area contributed by atoms with Gasteiger partial charge in [-0.25, -0.2) is 14.4 Å². The Hall–Kier alpha value is -2.89. The van der Waals surface area contributed by atoms with Crippen LogP contribution in [0.2, 0.25) is 0 Å². The van der Waals surface area contributed by atoms with Crippen LogP contribution in [0.15, 0.2) is 0 Å². The Balaban J connectivity index is 3.35. The Morgan fingerprint density at radius 2 is 1.21 bits per heavy atom. The summed E-state index contributed by atoms with van der Waals surface area (Å²) in [6, 6.07) is -1.60. The molecule has 0 radical (unpaired) electrons. The van der Waals surface area contributed by atoms with Gasteiger partial charge >= 0.3 is 30.0 Å². The second-order valence-corrected chi connectivity index (χ2v) is 14.8. The van der Waals surface area contributed by atoms with Crippen LogP contribution in [0, 0.1) is 0 Å². The van der Waals surface area contributed by atoms with E-state index >= 15 is 0 Å². The summed E-state index contributed by atoms with van der Waals surface area (Å²) in [4.78, 5) is 67.6. The van der Waals surface area contributed by atoms with E-state index < -0.39 is 64.6 Å². The molecule has 0 bridgehead atoms. The minimum atomic E-state index is -1.33. The molecule has 0 spiro atoms. The number of ether oxygens (including phenoxy) is 5. The lowest BCUT2D eigenvalue weighted by Gasteiger charge is -2.41. The quantitative estimate of drug-likeness (QED) is 0.242. The molecule has 1 saturated heterocycles. The number of hydrogen-bond acceptors (Lipinski definition) is 11. The molecule has 0 unspecified atom stereocenters. The van der Waals surface area contributed by atoms with E-state index in [1.165, 1.54) is 11.8 Å². The van der Waals surface area contributed by atoms with Gasteiger partial charge < -0.3 is 23.7 Å². The van der Waals surface area contributed by atoms with Crippen LogP contribution in [0.25, 0.3) is 0 Å². The van der Waals surface area contributed by atoms with Crippen LogP contribution in [0.3, 0.4) is 0 Å². The first kappa shape index (κ1) is 38.1. The van der Waals surface area contributed by atoms with Gasteiger partial charge in [-0.1, -0.05) is 0 Å². The third-order valence-corrected chi connectivity index (χ3v) is 5.79. The first-order valence-electron chi connectivity index (χ1n) is 14.9. The molecule has 1 fully saturated rings. The molecule has 1 aliphatic rings. The van der Waals surface area contributed by atoms with Gasteiger partial charge in [0, 0.05) is 33.0 Å². The molecule has 43 heavy (non-hydrogen) atoms. The topological polar surface area (TPSA) is 138 Å². The zero-order chi connectivity index (χ0) is 33.6. The lowest BCUT2D eigenvalue weighted by molar-refractivity contribution is -0.175. The summed E-state index contributed by atoms with van der Waals surface area (Å²) in [5.74, 6) is -2.50. The number of likely N-dealkylation sites (tertiary alicyclic amines) is 1. The summed E-state index contributed by atoms with van der Waals surface area (Å²) in [5, 5.41) is 0. The second-order valence-electron chi connectivity index (χ2n) is 14.8. The Bertz CT molecular complexity index is 998. The molecule has 1 amide bonds. The van der Waals surface area contributed by atoms with Gasteiger partial charge in [0.2, 0.25) is 6.10 Å². The van der Waals surface area contributed by atoms with E-state index in [1.54, 1.807) is 83.1 Å². The zero-order valence-electron chi connectivity index (χ0n) is 28.5. The molecular weight excluding hydrogens is 560 g/mol. The Labute approximate surface area is 257 Å². The maximum Gasteiger partial charge on any atom is 0.411 e. The minimum Gasteiger partial charge on any atom is -0.459 e. The smallest absolute Gasteiger partial charge is 0.411 e.